The highest BCUT2D eigenvalue weighted by Crippen LogP contribution is 2.28. The van der Waals surface area contributed by atoms with Crippen molar-refractivity contribution in [3.05, 3.63) is 35.4 Å². The number of hydrogen-bond acceptors (Lipinski definition) is 3. The van der Waals surface area contributed by atoms with Crippen LogP contribution in [0.5, 0.6) is 0 Å². The van der Waals surface area contributed by atoms with Crippen molar-refractivity contribution in [2.45, 2.75) is 31.6 Å². The lowest BCUT2D eigenvalue weighted by atomic mass is 10.1. The van der Waals surface area contributed by atoms with Gasteiger partial charge in [-0.3, -0.25) is 9.59 Å². The van der Waals surface area contributed by atoms with Gasteiger partial charge in [0.05, 0.1) is 5.56 Å². The maximum atomic E-state index is 12.3. The summed E-state index contributed by atoms with van der Waals surface area (Å²) in [5.41, 5.74) is 5.00. The number of halogens is 3. The summed E-state index contributed by atoms with van der Waals surface area (Å²) in [5, 5.41) is 11.0. The van der Waals surface area contributed by atoms with Crippen molar-refractivity contribution >= 4 is 11.9 Å². The van der Waals surface area contributed by atoms with Crippen LogP contribution in [0.4, 0.5) is 13.2 Å². The molecule has 21 heavy (non-hydrogen) atoms. The van der Waals surface area contributed by atoms with Crippen LogP contribution in [0.1, 0.15) is 24.0 Å². The maximum Gasteiger partial charge on any atom is 0.416 e. The van der Waals surface area contributed by atoms with Crippen molar-refractivity contribution in [3.8, 4) is 0 Å². The first-order chi connectivity index (χ1) is 9.70. The van der Waals surface area contributed by atoms with Crippen LogP contribution in [0, 0.1) is 0 Å². The summed E-state index contributed by atoms with van der Waals surface area (Å²) in [6.07, 6.45) is -4.46. The quantitative estimate of drug-likeness (QED) is 0.743. The number of carbonyl (C=O) groups excluding carboxylic acids is 1. The second kappa shape index (κ2) is 7.07. The molecule has 0 aromatic heterocycles. The van der Waals surface area contributed by atoms with Crippen molar-refractivity contribution in [3.63, 3.8) is 0 Å². The number of carboxylic acid groups (broad SMARTS) is 1. The predicted molar refractivity (Wildman–Crippen MR) is 68.1 cm³/mol. The molecule has 1 rings (SSSR count). The first-order valence-corrected chi connectivity index (χ1v) is 6.11. The first-order valence-electron chi connectivity index (χ1n) is 6.11. The number of carboxylic acids is 1. The van der Waals surface area contributed by atoms with Crippen LogP contribution in [-0.4, -0.2) is 23.0 Å². The minimum atomic E-state index is -4.39. The number of amides is 1. The standard InChI is InChI=1S/C13H15F3N2O3/c14-13(15,16)9-3-1-8(2-4-9)7-18-11(19)6-5-10(17)12(20)21/h1-4,10H,5-7,17H2,(H,18,19)(H,20,21)/t10-/m0/s1. The van der Waals surface area contributed by atoms with Gasteiger partial charge >= 0.3 is 12.1 Å². The summed E-state index contributed by atoms with van der Waals surface area (Å²) in [6.45, 7) is 0.0687. The Balaban J connectivity index is 2.41. The zero-order valence-corrected chi connectivity index (χ0v) is 11.0. The molecule has 0 saturated heterocycles. The number of carbonyl (C=O) groups is 2. The van der Waals surface area contributed by atoms with E-state index in [0.29, 0.717) is 5.56 Å². The lowest BCUT2D eigenvalue weighted by Gasteiger charge is -2.09. The molecule has 0 spiro atoms. The Kier molecular flexibility index (Phi) is 5.71. The van der Waals surface area contributed by atoms with Crippen LogP contribution in [0.15, 0.2) is 24.3 Å². The Labute approximate surface area is 118 Å². The zero-order chi connectivity index (χ0) is 16.0. The molecule has 4 N–H and O–H groups in total. The molecule has 1 amide bonds. The molecule has 0 aliphatic heterocycles. The van der Waals surface area contributed by atoms with Crippen LogP contribution in [0.25, 0.3) is 0 Å². The van der Waals surface area contributed by atoms with Crippen molar-refractivity contribution in [2.24, 2.45) is 5.73 Å². The van der Waals surface area contributed by atoms with Crippen molar-refractivity contribution in [1.29, 1.82) is 0 Å². The van der Waals surface area contributed by atoms with Gasteiger partial charge in [0.2, 0.25) is 5.91 Å². The van der Waals surface area contributed by atoms with Crippen LogP contribution in [0.3, 0.4) is 0 Å². The Morgan fingerprint density at radius 2 is 1.81 bits per heavy atom. The summed E-state index contributed by atoms with van der Waals surface area (Å²) >= 11 is 0. The summed E-state index contributed by atoms with van der Waals surface area (Å²) in [6, 6.07) is 3.30. The number of hydrogen-bond donors (Lipinski definition) is 3. The SMILES string of the molecule is N[C@@H](CCC(=O)NCc1ccc(C(F)(F)F)cc1)C(=O)O. The molecule has 0 heterocycles. The summed E-state index contributed by atoms with van der Waals surface area (Å²) in [7, 11) is 0. The molecule has 0 aliphatic carbocycles. The van der Waals surface area contributed by atoms with Crippen LogP contribution >= 0.6 is 0 Å². The number of nitrogens with one attached hydrogen (secondary N) is 1. The second-order valence-corrected chi connectivity index (χ2v) is 4.45. The first kappa shape index (κ1) is 17.0. The highest BCUT2D eigenvalue weighted by atomic mass is 19.4. The highest BCUT2D eigenvalue weighted by molar-refractivity contribution is 5.78. The molecule has 0 saturated carbocycles. The monoisotopic (exact) mass is 304 g/mol. The van der Waals surface area contributed by atoms with Gasteiger partial charge in [-0.25, -0.2) is 0 Å². The van der Waals surface area contributed by atoms with Gasteiger partial charge in [-0.2, -0.15) is 13.2 Å². The number of benzene rings is 1. The van der Waals surface area contributed by atoms with Crippen molar-refractivity contribution in [1.82, 2.24) is 5.32 Å². The smallest absolute Gasteiger partial charge is 0.416 e. The Morgan fingerprint density at radius 3 is 2.29 bits per heavy atom. The van der Waals surface area contributed by atoms with Crippen molar-refractivity contribution in [2.75, 3.05) is 0 Å². The van der Waals surface area contributed by atoms with E-state index in [1.807, 2.05) is 0 Å². The molecular weight excluding hydrogens is 289 g/mol. The molecular formula is C13H15F3N2O3. The molecule has 1 aromatic carbocycles. The minimum absolute atomic E-state index is 0.00578. The molecule has 0 unspecified atom stereocenters. The van der Waals surface area contributed by atoms with Crippen LogP contribution in [0.2, 0.25) is 0 Å². The van der Waals surface area contributed by atoms with Crippen molar-refractivity contribution < 1.29 is 27.9 Å². The van der Waals surface area contributed by atoms with Gasteiger partial charge in [-0.15, -0.1) is 0 Å². The van der Waals surface area contributed by atoms with E-state index in [1.165, 1.54) is 12.1 Å². The summed E-state index contributed by atoms with van der Waals surface area (Å²) < 4.78 is 37.0. The zero-order valence-electron chi connectivity index (χ0n) is 11.0. The normalized spacial score (nSPS) is 12.8. The van der Waals surface area contributed by atoms with E-state index in [9.17, 15) is 22.8 Å². The van der Waals surface area contributed by atoms with E-state index >= 15 is 0 Å². The molecule has 0 bridgehead atoms. The Morgan fingerprint density at radius 1 is 1.24 bits per heavy atom. The van der Waals surface area contributed by atoms with E-state index in [1.54, 1.807) is 0 Å². The lowest BCUT2D eigenvalue weighted by molar-refractivity contribution is -0.139. The van der Waals surface area contributed by atoms with Crippen LogP contribution in [-0.2, 0) is 22.3 Å². The molecule has 0 aliphatic rings. The summed E-state index contributed by atoms with van der Waals surface area (Å²) in [5.74, 6) is -1.60. The number of aliphatic carboxylic acids is 1. The van der Waals surface area contributed by atoms with E-state index in [4.69, 9.17) is 10.8 Å². The van der Waals surface area contributed by atoms with Gasteiger partial charge in [0.15, 0.2) is 0 Å². The fourth-order valence-electron chi connectivity index (χ4n) is 1.51. The lowest BCUT2D eigenvalue weighted by Crippen LogP contribution is -2.32. The fraction of sp³-hybridized carbons (Fsp3) is 0.385. The van der Waals surface area contributed by atoms with Gasteiger partial charge in [0, 0.05) is 13.0 Å². The van der Waals surface area contributed by atoms with Gasteiger partial charge in [-0.1, -0.05) is 12.1 Å². The third kappa shape index (κ3) is 5.82. The Hall–Kier alpha value is -2.09. The van der Waals surface area contributed by atoms with Gasteiger partial charge in [0.25, 0.3) is 0 Å². The average Bonchev–Trinajstić information content (AvgIpc) is 2.41. The molecule has 1 atom stereocenters. The topological polar surface area (TPSA) is 92.4 Å². The van der Waals surface area contributed by atoms with E-state index < -0.39 is 29.7 Å². The molecule has 0 radical (unpaired) electrons. The Bertz CT molecular complexity index is 500. The van der Waals surface area contributed by atoms with Gasteiger partial charge in [-0.05, 0) is 24.1 Å². The molecule has 8 heteroatoms. The highest BCUT2D eigenvalue weighted by Gasteiger charge is 2.29. The largest absolute Gasteiger partial charge is 0.480 e. The predicted octanol–water partition coefficient (Wildman–Crippen LogP) is 1.51. The molecule has 0 fully saturated rings. The number of alkyl halides is 3. The third-order valence-corrected chi connectivity index (χ3v) is 2.77. The fourth-order valence-corrected chi connectivity index (χ4v) is 1.51. The summed E-state index contributed by atoms with van der Waals surface area (Å²) in [4.78, 5) is 21.9. The van der Waals surface area contributed by atoms with Crippen LogP contribution < -0.4 is 11.1 Å². The van der Waals surface area contributed by atoms with E-state index in [2.05, 4.69) is 5.32 Å². The molecule has 116 valence electrons. The molecule has 1 aromatic rings. The minimum Gasteiger partial charge on any atom is -0.480 e. The van der Waals surface area contributed by atoms with Gasteiger partial charge in [0.1, 0.15) is 6.04 Å². The van der Waals surface area contributed by atoms with Gasteiger partial charge < -0.3 is 16.2 Å². The average molecular weight is 304 g/mol. The molecule has 5 nitrogen and oxygen atoms in total. The van der Waals surface area contributed by atoms with E-state index in [-0.39, 0.29) is 19.4 Å². The van der Waals surface area contributed by atoms with E-state index in [0.717, 1.165) is 12.1 Å². The second-order valence-electron chi connectivity index (χ2n) is 4.45. The third-order valence-electron chi connectivity index (χ3n) is 2.77. The number of rotatable bonds is 6. The maximum absolute atomic E-state index is 12.3. The number of nitrogens with two attached hydrogens (primary N) is 1.